The van der Waals surface area contributed by atoms with Crippen molar-refractivity contribution in [3.05, 3.63) is 12.0 Å². The molecule has 4 N–H and O–H groups in total. The summed E-state index contributed by atoms with van der Waals surface area (Å²) >= 11 is 0. The molecule has 98 valence electrons. The molecule has 0 aliphatic carbocycles. The molecule has 0 spiro atoms. The highest BCUT2D eigenvalue weighted by molar-refractivity contribution is 5.80. The van der Waals surface area contributed by atoms with E-state index in [1.54, 1.807) is 4.90 Å². The van der Waals surface area contributed by atoms with Gasteiger partial charge in [0.15, 0.2) is 11.6 Å². The largest absolute Gasteiger partial charge is 0.358 e. The van der Waals surface area contributed by atoms with E-state index in [1.165, 1.54) is 0 Å². The average molecular weight is 254 g/mol. The van der Waals surface area contributed by atoms with Gasteiger partial charge in [0, 0.05) is 13.1 Å². The maximum atomic E-state index is 13.4. The second-order valence-electron chi connectivity index (χ2n) is 3.98. The normalized spacial score (nSPS) is 14.7. The van der Waals surface area contributed by atoms with E-state index in [0.29, 0.717) is 0 Å². The van der Waals surface area contributed by atoms with Crippen LogP contribution in [0.15, 0.2) is 6.20 Å². The van der Waals surface area contributed by atoms with Crippen molar-refractivity contribution in [2.45, 2.75) is 12.8 Å². The summed E-state index contributed by atoms with van der Waals surface area (Å²) in [4.78, 5) is 20.9. The zero-order valence-corrected chi connectivity index (χ0v) is 9.82. The highest BCUT2D eigenvalue weighted by Gasteiger charge is 2.18. The molecule has 1 aliphatic heterocycles. The predicted octanol–water partition coefficient (Wildman–Crippen LogP) is -0.0644. The summed E-state index contributed by atoms with van der Waals surface area (Å²) in [5.74, 6) is 4.49. The summed E-state index contributed by atoms with van der Waals surface area (Å²) in [6.45, 7) is 1.54. The van der Waals surface area contributed by atoms with Gasteiger partial charge in [-0.1, -0.05) is 0 Å². The molecule has 1 aromatic rings. The van der Waals surface area contributed by atoms with Gasteiger partial charge in [-0.15, -0.1) is 0 Å². The summed E-state index contributed by atoms with van der Waals surface area (Å²) in [6, 6.07) is 0. The van der Waals surface area contributed by atoms with Gasteiger partial charge in [-0.3, -0.25) is 10.2 Å². The minimum atomic E-state index is -0.622. The van der Waals surface area contributed by atoms with E-state index < -0.39 is 5.82 Å². The van der Waals surface area contributed by atoms with Crippen molar-refractivity contribution in [1.29, 1.82) is 0 Å². The van der Waals surface area contributed by atoms with Crippen LogP contribution in [0.3, 0.4) is 0 Å². The minimum absolute atomic E-state index is 0.0118. The fourth-order valence-corrected chi connectivity index (χ4v) is 1.80. The van der Waals surface area contributed by atoms with E-state index in [4.69, 9.17) is 5.84 Å². The Morgan fingerprint density at radius 3 is 2.89 bits per heavy atom. The van der Waals surface area contributed by atoms with Crippen LogP contribution in [0.4, 0.5) is 16.2 Å². The highest BCUT2D eigenvalue weighted by atomic mass is 19.1. The third-order valence-electron chi connectivity index (χ3n) is 2.74. The lowest BCUT2D eigenvalue weighted by Crippen LogP contribution is -2.33. The number of halogens is 1. The van der Waals surface area contributed by atoms with E-state index in [-0.39, 0.29) is 24.2 Å². The Labute approximate surface area is 104 Å². The second kappa shape index (κ2) is 5.58. The van der Waals surface area contributed by atoms with Crippen LogP contribution in [0.2, 0.25) is 0 Å². The molecule has 2 heterocycles. The number of amides is 1. The Hall–Kier alpha value is -1.96. The summed E-state index contributed by atoms with van der Waals surface area (Å²) < 4.78 is 13.4. The summed E-state index contributed by atoms with van der Waals surface area (Å²) in [6.07, 6.45) is 3.04. The summed E-state index contributed by atoms with van der Waals surface area (Å²) in [5, 5.41) is 2.65. The van der Waals surface area contributed by atoms with Crippen LogP contribution in [-0.2, 0) is 4.79 Å². The number of hydrogen-bond acceptors (Lipinski definition) is 6. The van der Waals surface area contributed by atoms with Gasteiger partial charge in [-0.2, -0.15) is 4.98 Å². The van der Waals surface area contributed by atoms with Crippen molar-refractivity contribution in [1.82, 2.24) is 14.9 Å². The average Bonchev–Trinajstić information content (AvgIpc) is 2.91. The molecule has 0 bridgehead atoms. The first-order valence-corrected chi connectivity index (χ1v) is 5.71. The molecule has 1 aromatic heterocycles. The number of nitrogens with one attached hydrogen (secondary N) is 2. The topological polar surface area (TPSA) is 96.2 Å². The molecule has 0 atom stereocenters. The van der Waals surface area contributed by atoms with Gasteiger partial charge in [-0.05, 0) is 12.8 Å². The number of nitrogens with two attached hydrogens (primary N) is 1. The van der Waals surface area contributed by atoms with Gasteiger partial charge in [0.1, 0.15) is 0 Å². The number of carbonyl (C=O) groups is 1. The van der Waals surface area contributed by atoms with Crippen LogP contribution < -0.4 is 16.6 Å². The molecular weight excluding hydrogens is 239 g/mol. The number of hydrazine groups is 1. The number of nitrogen functional groups attached to an aromatic ring is 1. The molecule has 0 unspecified atom stereocenters. The lowest BCUT2D eigenvalue weighted by Gasteiger charge is -2.15. The molecule has 8 heteroatoms. The van der Waals surface area contributed by atoms with Crippen molar-refractivity contribution in [2.24, 2.45) is 5.84 Å². The predicted molar refractivity (Wildman–Crippen MR) is 64.1 cm³/mol. The fraction of sp³-hybridized carbons (Fsp3) is 0.500. The van der Waals surface area contributed by atoms with Crippen LogP contribution in [-0.4, -0.2) is 40.4 Å². The number of likely N-dealkylation sites (tertiary alicyclic amines) is 1. The Balaban J connectivity index is 1.94. The van der Waals surface area contributed by atoms with Crippen molar-refractivity contribution >= 4 is 17.7 Å². The van der Waals surface area contributed by atoms with Crippen molar-refractivity contribution < 1.29 is 9.18 Å². The fourth-order valence-electron chi connectivity index (χ4n) is 1.80. The molecule has 1 saturated heterocycles. The number of hydrogen-bond donors (Lipinski definition) is 3. The third kappa shape index (κ3) is 2.83. The number of anilines is 2. The number of nitrogens with zero attached hydrogens (tertiary/aromatic N) is 3. The van der Waals surface area contributed by atoms with Gasteiger partial charge < -0.3 is 10.2 Å². The maximum absolute atomic E-state index is 13.4. The zero-order valence-electron chi connectivity index (χ0n) is 9.82. The van der Waals surface area contributed by atoms with Crippen LogP contribution in [0.1, 0.15) is 12.8 Å². The lowest BCUT2D eigenvalue weighted by molar-refractivity contribution is -0.128. The van der Waals surface area contributed by atoms with Gasteiger partial charge >= 0.3 is 0 Å². The van der Waals surface area contributed by atoms with Gasteiger partial charge in [0.2, 0.25) is 11.9 Å². The van der Waals surface area contributed by atoms with E-state index in [9.17, 15) is 9.18 Å². The van der Waals surface area contributed by atoms with E-state index in [1.807, 2.05) is 0 Å². The first-order valence-electron chi connectivity index (χ1n) is 5.71. The van der Waals surface area contributed by atoms with Crippen LogP contribution >= 0.6 is 0 Å². The van der Waals surface area contributed by atoms with Crippen LogP contribution in [0.5, 0.6) is 0 Å². The van der Waals surface area contributed by atoms with Gasteiger partial charge in [0.25, 0.3) is 0 Å². The molecule has 1 amide bonds. The monoisotopic (exact) mass is 254 g/mol. The Bertz CT molecular complexity index is 434. The quantitative estimate of drug-likeness (QED) is 0.514. The SMILES string of the molecule is NNc1ncc(F)c(NCC(=O)N2CCCC2)n1. The first kappa shape index (κ1) is 12.5. The third-order valence-corrected chi connectivity index (χ3v) is 2.74. The Kier molecular flexibility index (Phi) is 3.88. The summed E-state index contributed by atoms with van der Waals surface area (Å²) in [5.41, 5.74) is 2.21. The molecular formula is C10H15FN6O. The van der Waals surface area contributed by atoms with E-state index >= 15 is 0 Å². The molecule has 2 rings (SSSR count). The Morgan fingerprint density at radius 2 is 2.22 bits per heavy atom. The highest BCUT2D eigenvalue weighted by Crippen LogP contribution is 2.12. The van der Waals surface area contributed by atoms with Gasteiger partial charge in [-0.25, -0.2) is 15.2 Å². The molecule has 1 aliphatic rings. The number of rotatable bonds is 4. The molecule has 0 radical (unpaired) electrons. The smallest absolute Gasteiger partial charge is 0.241 e. The molecule has 0 aromatic carbocycles. The molecule has 18 heavy (non-hydrogen) atoms. The van der Waals surface area contributed by atoms with Crippen LogP contribution in [0.25, 0.3) is 0 Å². The number of aromatic nitrogens is 2. The lowest BCUT2D eigenvalue weighted by atomic mass is 10.4. The van der Waals surface area contributed by atoms with E-state index in [2.05, 4.69) is 20.7 Å². The van der Waals surface area contributed by atoms with Crippen molar-refractivity contribution in [3.63, 3.8) is 0 Å². The molecule has 0 saturated carbocycles. The minimum Gasteiger partial charge on any atom is -0.358 e. The second-order valence-corrected chi connectivity index (χ2v) is 3.98. The summed E-state index contributed by atoms with van der Waals surface area (Å²) in [7, 11) is 0. The van der Waals surface area contributed by atoms with E-state index in [0.717, 1.165) is 32.1 Å². The van der Waals surface area contributed by atoms with Crippen molar-refractivity contribution in [2.75, 3.05) is 30.4 Å². The molecule has 1 fully saturated rings. The van der Waals surface area contributed by atoms with Crippen molar-refractivity contribution in [3.8, 4) is 0 Å². The first-order chi connectivity index (χ1) is 8.70. The maximum Gasteiger partial charge on any atom is 0.241 e. The van der Waals surface area contributed by atoms with Gasteiger partial charge in [0.05, 0.1) is 12.7 Å². The molecule has 7 nitrogen and oxygen atoms in total. The Morgan fingerprint density at radius 1 is 1.50 bits per heavy atom. The standard InChI is InChI=1S/C10H15FN6O/c11-7-5-14-10(16-12)15-9(7)13-6-8(18)17-3-1-2-4-17/h5H,1-4,6,12H2,(H2,13,14,15,16). The van der Waals surface area contributed by atoms with Crippen LogP contribution in [0, 0.1) is 5.82 Å². The number of carbonyl (C=O) groups excluding carboxylic acids is 1. The zero-order chi connectivity index (χ0) is 13.0.